The highest BCUT2D eigenvalue weighted by Gasteiger charge is 2.31. The molecule has 1 N–H and O–H groups in total. The first-order valence-electron chi connectivity index (χ1n) is 14.3. The second kappa shape index (κ2) is 15.3. The van der Waals surface area contributed by atoms with Gasteiger partial charge in [-0.2, -0.15) is 0 Å². The number of aryl methyl sites for hydroxylation is 2. The molecule has 0 fully saturated rings. The quantitative estimate of drug-likeness (QED) is 0.225. The van der Waals surface area contributed by atoms with Crippen molar-refractivity contribution in [3.05, 3.63) is 99.5 Å². The summed E-state index contributed by atoms with van der Waals surface area (Å²) in [6.45, 7) is 8.15. The van der Waals surface area contributed by atoms with Gasteiger partial charge in [0.1, 0.15) is 6.04 Å². The molecular formula is C33H42BrN3O4S. The maximum atomic E-state index is 14.0. The van der Waals surface area contributed by atoms with Crippen LogP contribution < -0.4 is 9.62 Å². The van der Waals surface area contributed by atoms with Gasteiger partial charge in [-0.25, -0.2) is 8.42 Å². The number of amides is 2. The standard InChI is InChI=1S/C33H42BrN3O4S/c1-6-26(4)35-33(39)31(22-27-12-8-7-9-13-27)36(23-28-14-10-15-29(34)21-28)32(38)16-11-19-37(42(5,40)41)30-20-24(2)17-18-25(30)3/h7-10,12-15,17-18,20-21,26,31H,6,11,16,19,22-23H2,1-5H3,(H,35,39). The molecule has 0 radical (unpaired) electrons. The molecule has 3 aromatic rings. The minimum atomic E-state index is -3.58. The smallest absolute Gasteiger partial charge is 0.243 e. The van der Waals surface area contributed by atoms with Crippen LogP contribution in [0, 0.1) is 13.8 Å². The summed E-state index contributed by atoms with van der Waals surface area (Å²) in [7, 11) is -3.58. The molecule has 3 aromatic carbocycles. The Labute approximate surface area is 259 Å². The number of carbonyl (C=O) groups is 2. The van der Waals surface area contributed by atoms with E-state index in [4.69, 9.17) is 0 Å². The van der Waals surface area contributed by atoms with E-state index in [1.807, 2.05) is 100 Å². The van der Waals surface area contributed by atoms with Crippen LogP contribution >= 0.6 is 15.9 Å². The number of hydrogen-bond donors (Lipinski definition) is 1. The van der Waals surface area contributed by atoms with E-state index in [1.165, 1.54) is 10.6 Å². The SMILES string of the molecule is CCC(C)NC(=O)C(Cc1ccccc1)N(Cc1cccc(Br)c1)C(=O)CCCN(c1cc(C)ccc1C)S(C)(=O)=O. The van der Waals surface area contributed by atoms with Crippen LogP contribution in [0.25, 0.3) is 0 Å². The molecule has 0 aliphatic carbocycles. The highest BCUT2D eigenvalue weighted by Crippen LogP contribution is 2.25. The van der Waals surface area contributed by atoms with E-state index in [0.29, 0.717) is 18.5 Å². The third-order valence-corrected chi connectivity index (χ3v) is 8.97. The summed E-state index contributed by atoms with van der Waals surface area (Å²) in [6.07, 6.45) is 2.71. The molecule has 9 heteroatoms. The van der Waals surface area contributed by atoms with Crippen LogP contribution in [0.1, 0.15) is 55.4 Å². The van der Waals surface area contributed by atoms with Gasteiger partial charge in [-0.1, -0.05) is 77.5 Å². The summed E-state index contributed by atoms with van der Waals surface area (Å²) in [6, 6.07) is 22.3. The lowest BCUT2D eigenvalue weighted by Gasteiger charge is -2.33. The summed E-state index contributed by atoms with van der Waals surface area (Å²) in [5.41, 5.74) is 4.26. The van der Waals surface area contributed by atoms with Crippen molar-refractivity contribution in [1.82, 2.24) is 10.2 Å². The average Bonchev–Trinajstić information content (AvgIpc) is 2.94. The van der Waals surface area contributed by atoms with Gasteiger partial charge in [0.05, 0.1) is 11.9 Å². The number of sulfonamides is 1. The summed E-state index contributed by atoms with van der Waals surface area (Å²) >= 11 is 3.52. The number of halogens is 1. The molecule has 0 saturated carbocycles. The zero-order valence-corrected chi connectivity index (χ0v) is 27.5. The van der Waals surface area contributed by atoms with E-state index >= 15 is 0 Å². The van der Waals surface area contributed by atoms with E-state index in [1.54, 1.807) is 4.90 Å². The van der Waals surface area contributed by atoms with Crippen LogP contribution in [-0.2, 0) is 32.6 Å². The Kier molecular flexibility index (Phi) is 12.2. The van der Waals surface area contributed by atoms with Crippen molar-refractivity contribution >= 4 is 43.5 Å². The van der Waals surface area contributed by atoms with Crippen LogP contribution in [0.15, 0.2) is 77.3 Å². The Morgan fingerprint density at radius 2 is 1.64 bits per heavy atom. The van der Waals surface area contributed by atoms with Gasteiger partial charge in [0.25, 0.3) is 0 Å². The topological polar surface area (TPSA) is 86.8 Å². The maximum Gasteiger partial charge on any atom is 0.243 e. The first kappa shape index (κ1) is 33.3. The van der Waals surface area contributed by atoms with E-state index in [-0.39, 0.29) is 37.4 Å². The molecule has 2 amide bonds. The molecule has 226 valence electrons. The third-order valence-electron chi connectivity index (χ3n) is 7.30. The molecule has 2 unspecified atom stereocenters. The van der Waals surface area contributed by atoms with Gasteiger partial charge in [0.15, 0.2) is 0 Å². The highest BCUT2D eigenvalue weighted by atomic mass is 79.9. The number of nitrogens with one attached hydrogen (secondary N) is 1. The Balaban J connectivity index is 1.91. The lowest BCUT2D eigenvalue weighted by Crippen LogP contribution is -2.52. The number of rotatable bonds is 14. The molecule has 42 heavy (non-hydrogen) atoms. The minimum Gasteiger partial charge on any atom is -0.352 e. The van der Waals surface area contributed by atoms with Crippen LogP contribution in [-0.4, -0.2) is 50.0 Å². The molecule has 3 rings (SSSR count). The molecular weight excluding hydrogens is 614 g/mol. The Hall–Kier alpha value is -3.17. The van der Waals surface area contributed by atoms with Crippen molar-refractivity contribution in [1.29, 1.82) is 0 Å². The van der Waals surface area contributed by atoms with Crippen molar-refractivity contribution in [3.8, 4) is 0 Å². The molecule has 0 saturated heterocycles. The van der Waals surface area contributed by atoms with Gasteiger partial charge in [0.2, 0.25) is 21.8 Å². The molecule has 2 atom stereocenters. The largest absolute Gasteiger partial charge is 0.352 e. The molecule has 0 bridgehead atoms. The number of benzene rings is 3. The Morgan fingerprint density at radius 1 is 0.952 bits per heavy atom. The lowest BCUT2D eigenvalue weighted by molar-refractivity contribution is -0.141. The van der Waals surface area contributed by atoms with Gasteiger partial charge in [-0.3, -0.25) is 13.9 Å². The summed E-state index contributed by atoms with van der Waals surface area (Å²) in [5.74, 6) is -0.408. The first-order valence-corrected chi connectivity index (χ1v) is 17.0. The number of nitrogens with zero attached hydrogens (tertiary/aromatic N) is 2. The van der Waals surface area contributed by atoms with Crippen molar-refractivity contribution in [2.45, 2.75) is 72.0 Å². The van der Waals surface area contributed by atoms with E-state index in [0.717, 1.165) is 33.1 Å². The molecule has 0 aliphatic rings. The molecule has 0 heterocycles. The average molecular weight is 657 g/mol. The summed E-state index contributed by atoms with van der Waals surface area (Å²) < 4.78 is 27.8. The second-order valence-corrected chi connectivity index (χ2v) is 13.7. The fourth-order valence-corrected chi connectivity index (χ4v) is 6.26. The van der Waals surface area contributed by atoms with Gasteiger partial charge >= 0.3 is 0 Å². The second-order valence-electron chi connectivity index (χ2n) is 10.9. The van der Waals surface area contributed by atoms with Crippen molar-refractivity contribution < 1.29 is 18.0 Å². The van der Waals surface area contributed by atoms with Gasteiger partial charge in [0, 0.05) is 36.4 Å². The highest BCUT2D eigenvalue weighted by molar-refractivity contribution is 9.10. The van der Waals surface area contributed by atoms with Crippen molar-refractivity contribution in [3.63, 3.8) is 0 Å². The number of carbonyl (C=O) groups excluding carboxylic acids is 2. The monoisotopic (exact) mass is 655 g/mol. The molecule has 0 aliphatic heterocycles. The maximum absolute atomic E-state index is 14.0. The van der Waals surface area contributed by atoms with E-state index in [2.05, 4.69) is 21.2 Å². The zero-order valence-electron chi connectivity index (χ0n) is 25.1. The van der Waals surface area contributed by atoms with Gasteiger partial charge in [-0.05, 0) is 74.1 Å². The molecule has 0 aromatic heterocycles. The number of anilines is 1. The molecule has 7 nitrogen and oxygen atoms in total. The summed E-state index contributed by atoms with van der Waals surface area (Å²) in [4.78, 5) is 29.3. The minimum absolute atomic E-state index is 0.0421. The van der Waals surface area contributed by atoms with Crippen LogP contribution in [0.4, 0.5) is 5.69 Å². The van der Waals surface area contributed by atoms with E-state index in [9.17, 15) is 18.0 Å². The van der Waals surface area contributed by atoms with Crippen LogP contribution in [0.2, 0.25) is 0 Å². The first-order chi connectivity index (χ1) is 19.9. The predicted octanol–water partition coefficient (Wildman–Crippen LogP) is 6.17. The predicted molar refractivity (Wildman–Crippen MR) is 174 cm³/mol. The molecule has 0 spiro atoms. The van der Waals surface area contributed by atoms with Crippen LogP contribution in [0.3, 0.4) is 0 Å². The van der Waals surface area contributed by atoms with Crippen molar-refractivity contribution in [2.24, 2.45) is 0 Å². The zero-order chi connectivity index (χ0) is 30.9. The van der Waals surface area contributed by atoms with E-state index < -0.39 is 16.1 Å². The van der Waals surface area contributed by atoms with Gasteiger partial charge < -0.3 is 10.2 Å². The Morgan fingerprint density at radius 3 is 2.29 bits per heavy atom. The van der Waals surface area contributed by atoms with Gasteiger partial charge in [-0.15, -0.1) is 0 Å². The summed E-state index contributed by atoms with van der Waals surface area (Å²) in [5, 5.41) is 3.08. The van der Waals surface area contributed by atoms with Crippen LogP contribution in [0.5, 0.6) is 0 Å². The lowest BCUT2D eigenvalue weighted by atomic mass is 10.0. The number of hydrogen-bond acceptors (Lipinski definition) is 4. The fraction of sp³-hybridized carbons (Fsp3) is 0.394. The fourth-order valence-electron chi connectivity index (χ4n) is 4.80. The normalized spacial score (nSPS) is 12.8. The third kappa shape index (κ3) is 9.70. The Bertz CT molecular complexity index is 1460. The van der Waals surface area contributed by atoms with Crippen molar-refractivity contribution in [2.75, 3.05) is 17.1 Å².